The fourth-order valence-corrected chi connectivity index (χ4v) is 3.02. The molecule has 1 aliphatic heterocycles. The van der Waals surface area contributed by atoms with Crippen LogP contribution in [0.2, 0.25) is 0 Å². The van der Waals surface area contributed by atoms with E-state index < -0.39 is 0 Å². The maximum atomic E-state index is 11.9. The van der Waals surface area contributed by atoms with Gasteiger partial charge in [-0.3, -0.25) is 4.79 Å². The lowest BCUT2D eigenvalue weighted by Crippen LogP contribution is -2.34. The van der Waals surface area contributed by atoms with Crippen LogP contribution in [-0.4, -0.2) is 44.1 Å². The molecule has 1 N–H and O–H groups in total. The van der Waals surface area contributed by atoms with Crippen molar-refractivity contribution < 1.29 is 9.53 Å². The van der Waals surface area contributed by atoms with E-state index >= 15 is 0 Å². The van der Waals surface area contributed by atoms with Gasteiger partial charge in [-0.1, -0.05) is 32.9 Å². The Hall–Kier alpha value is -1.55. The predicted octanol–water partition coefficient (Wildman–Crippen LogP) is 3.21. The van der Waals surface area contributed by atoms with Gasteiger partial charge in [-0.2, -0.15) is 0 Å². The van der Waals surface area contributed by atoms with E-state index in [-0.39, 0.29) is 17.9 Å². The Balaban J connectivity index is 1.64. The van der Waals surface area contributed by atoms with Crippen molar-refractivity contribution in [1.82, 2.24) is 10.2 Å². The smallest absolute Gasteiger partial charge is 0.257 e. The summed E-state index contributed by atoms with van der Waals surface area (Å²) in [5.74, 6) is 1.45. The van der Waals surface area contributed by atoms with Gasteiger partial charge in [0.05, 0.1) is 0 Å². The van der Waals surface area contributed by atoms with Gasteiger partial charge in [0.2, 0.25) is 0 Å². The van der Waals surface area contributed by atoms with Gasteiger partial charge < -0.3 is 15.0 Å². The van der Waals surface area contributed by atoms with Crippen LogP contribution < -0.4 is 10.1 Å². The number of rotatable bonds is 6. The van der Waals surface area contributed by atoms with E-state index in [9.17, 15) is 4.79 Å². The van der Waals surface area contributed by atoms with E-state index in [1.807, 2.05) is 12.1 Å². The molecule has 0 radical (unpaired) electrons. The Labute approximate surface area is 146 Å². The van der Waals surface area contributed by atoms with Gasteiger partial charge in [0, 0.05) is 6.54 Å². The average molecular weight is 332 g/mol. The molecule has 2 rings (SSSR count). The number of benzene rings is 1. The summed E-state index contributed by atoms with van der Waals surface area (Å²) in [5.41, 5.74) is 1.39. The molecular weight excluding hydrogens is 300 g/mol. The first-order valence-corrected chi connectivity index (χ1v) is 9.03. The summed E-state index contributed by atoms with van der Waals surface area (Å²) >= 11 is 0. The zero-order valence-electron chi connectivity index (χ0n) is 15.6. The van der Waals surface area contributed by atoms with Crippen molar-refractivity contribution in [3.05, 3.63) is 29.8 Å². The third-order valence-electron chi connectivity index (χ3n) is 4.80. The number of nitrogens with zero attached hydrogens (tertiary/aromatic N) is 1. The highest BCUT2D eigenvalue weighted by molar-refractivity contribution is 5.77. The summed E-state index contributed by atoms with van der Waals surface area (Å²) in [5, 5.41) is 2.97. The maximum absolute atomic E-state index is 11.9. The molecule has 0 saturated carbocycles. The standard InChI is InChI=1S/C20H32N2O2/c1-20(2,3)17-5-7-18(8-6-17)24-15-19(23)21-12-9-16-10-13-22(4)14-11-16/h5-8,16H,9-15H2,1-4H3,(H,21,23). The van der Waals surface area contributed by atoms with Crippen LogP contribution in [0.25, 0.3) is 0 Å². The number of piperidine rings is 1. The number of nitrogens with one attached hydrogen (secondary N) is 1. The van der Waals surface area contributed by atoms with Crippen LogP contribution in [-0.2, 0) is 10.2 Å². The Morgan fingerprint density at radius 1 is 1.21 bits per heavy atom. The molecule has 1 heterocycles. The van der Waals surface area contributed by atoms with Crippen molar-refractivity contribution in [2.45, 2.75) is 45.4 Å². The lowest BCUT2D eigenvalue weighted by molar-refractivity contribution is -0.123. The summed E-state index contributed by atoms with van der Waals surface area (Å²) in [6, 6.07) is 8.00. The molecule has 24 heavy (non-hydrogen) atoms. The van der Waals surface area contributed by atoms with Crippen LogP contribution in [0.15, 0.2) is 24.3 Å². The van der Waals surface area contributed by atoms with E-state index in [4.69, 9.17) is 4.74 Å². The minimum absolute atomic E-state index is 0.0391. The molecule has 0 unspecified atom stereocenters. The van der Waals surface area contributed by atoms with E-state index in [0.29, 0.717) is 0 Å². The van der Waals surface area contributed by atoms with E-state index in [0.717, 1.165) is 24.6 Å². The Bertz CT molecular complexity index is 511. The molecule has 1 aromatic carbocycles. The highest BCUT2D eigenvalue weighted by atomic mass is 16.5. The van der Waals surface area contributed by atoms with Gasteiger partial charge in [-0.05, 0) is 68.4 Å². The first-order chi connectivity index (χ1) is 11.3. The van der Waals surface area contributed by atoms with Crippen molar-refractivity contribution in [3.8, 4) is 5.75 Å². The zero-order chi connectivity index (χ0) is 17.6. The lowest BCUT2D eigenvalue weighted by atomic mass is 9.87. The van der Waals surface area contributed by atoms with Crippen LogP contribution in [0, 0.1) is 5.92 Å². The summed E-state index contributed by atoms with van der Waals surface area (Å²) in [6.07, 6.45) is 3.55. The van der Waals surface area contributed by atoms with Gasteiger partial charge in [0.15, 0.2) is 6.61 Å². The molecule has 1 saturated heterocycles. The first kappa shape index (κ1) is 18.8. The second-order valence-corrected chi connectivity index (χ2v) is 7.95. The monoisotopic (exact) mass is 332 g/mol. The highest BCUT2D eigenvalue weighted by Gasteiger charge is 2.16. The number of amides is 1. The minimum atomic E-state index is -0.0391. The molecule has 0 aliphatic carbocycles. The molecule has 4 heteroatoms. The minimum Gasteiger partial charge on any atom is -0.484 e. The lowest BCUT2D eigenvalue weighted by Gasteiger charge is -2.28. The average Bonchev–Trinajstić information content (AvgIpc) is 2.54. The second-order valence-electron chi connectivity index (χ2n) is 7.95. The van der Waals surface area contributed by atoms with E-state index in [1.54, 1.807) is 0 Å². The van der Waals surface area contributed by atoms with E-state index in [2.05, 4.69) is 50.2 Å². The molecule has 1 fully saturated rings. The molecule has 0 atom stereocenters. The highest BCUT2D eigenvalue weighted by Crippen LogP contribution is 2.24. The molecular formula is C20H32N2O2. The van der Waals surface area contributed by atoms with Crippen LogP contribution >= 0.6 is 0 Å². The summed E-state index contributed by atoms with van der Waals surface area (Å²) < 4.78 is 5.57. The van der Waals surface area contributed by atoms with Crippen molar-refractivity contribution in [2.75, 3.05) is 33.3 Å². The van der Waals surface area contributed by atoms with Gasteiger partial charge in [-0.15, -0.1) is 0 Å². The maximum Gasteiger partial charge on any atom is 0.257 e. The topological polar surface area (TPSA) is 41.6 Å². The molecule has 0 bridgehead atoms. The summed E-state index contributed by atoms with van der Waals surface area (Å²) in [4.78, 5) is 14.3. The number of ether oxygens (including phenoxy) is 1. The van der Waals surface area contributed by atoms with Crippen LogP contribution in [0.1, 0.15) is 45.6 Å². The van der Waals surface area contributed by atoms with Crippen LogP contribution in [0.5, 0.6) is 5.75 Å². The van der Waals surface area contributed by atoms with Crippen molar-refractivity contribution in [2.24, 2.45) is 5.92 Å². The number of carbonyl (C=O) groups is 1. The first-order valence-electron chi connectivity index (χ1n) is 9.03. The fourth-order valence-electron chi connectivity index (χ4n) is 3.02. The van der Waals surface area contributed by atoms with E-state index in [1.165, 1.54) is 31.5 Å². The molecule has 1 aliphatic rings. The Morgan fingerprint density at radius 2 is 1.83 bits per heavy atom. The fraction of sp³-hybridized carbons (Fsp3) is 0.650. The quantitative estimate of drug-likeness (QED) is 0.870. The van der Waals surface area contributed by atoms with Crippen LogP contribution in [0.3, 0.4) is 0 Å². The summed E-state index contributed by atoms with van der Waals surface area (Å²) in [6.45, 7) is 9.72. The third kappa shape index (κ3) is 6.16. The largest absolute Gasteiger partial charge is 0.484 e. The number of likely N-dealkylation sites (tertiary alicyclic amines) is 1. The number of hydrogen-bond acceptors (Lipinski definition) is 3. The van der Waals surface area contributed by atoms with Crippen molar-refractivity contribution >= 4 is 5.91 Å². The second kappa shape index (κ2) is 8.52. The van der Waals surface area contributed by atoms with Crippen molar-refractivity contribution in [3.63, 3.8) is 0 Å². The molecule has 1 aromatic rings. The Morgan fingerprint density at radius 3 is 2.42 bits per heavy atom. The Kier molecular flexibility index (Phi) is 6.67. The number of hydrogen-bond donors (Lipinski definition) is 1. The van der Waals surface area contributed by atoms with Gasteiger partial charge in [0.25, 0.3) is 5.91 Å². The van der Waals surface area contributed by atoms with Gasteiger partial charge in [0.1, 0.15) is 5.75 Å². The van der Waals surface area contributed by atoms with Gasteiger partial charge in [-0.25, -0.2) is 0 Å². The SMILES string of the molecule is CN1CCC(CCNC(=O)COc2ccc(C(C)(C)C)cc2)CC1. The third-order valence-corrected chi connectivity index (χ3v) is 4.80. The zero-order valence-corrected chi connectivity index (χ0v) is 15.6. The molecule has 4 nitrogen and oxygen atoms in total. The summed E-state index contributed by atoms with van der Waals surface area (Å²) in [7, 11) is 2.17. The molecule has 134 valence electrons. The predicted molar refractivity (Wildman–Crippen MR) is 98.5 cm³/mol. The molecule has 0 aromatic heterocycles. The molecule has 1 amide bonds. The molecule has 0 spiro atoms. The number of carbonyl (C=O) groups excluding carboxylic acids is 1. The van der Waals surface area contributed by atoms with Crippen LogP contribution in [0.4, 0.5) is 0 Å². The van der Waals surface area contributed by atoms with Crippen molar-refractivity contribution in [1.29, 1.82) is 0 Å². The van der Waals surface area contributed by atoms with Gasteiger partial charge >= 0.3 is 0 Å². The normalized spacial score (nSPS) is 16.8.